The number of hydrogen-bond donors (Lipinski definition) is 1. The van der Waals surface area contributed by atoms with Gasteiger partial charge in [0.05, 0.1) is 11.6 Å². The van der Waals surface area contributed by atoms with Gasteiger partial charge in [-0.05, 0) is 24.5 Å². The highest BCUT2D eigenvalue weighted by Gasteiger charge is 2.43. The van der Waals surface area contributed by atoms with Crippen molar-refractivity contribution in [1.82, 2.24) is 4.90 Å². The average Bonchev–Trinajstić information content (AvgIpc) is 2.98. The first-order chi connectivity index (χ1) is 14.0. The van der Waals surface area contributed by atoms with Gasteiger partial charge in [-0.15, -0.1) is 0 Å². The molecule has 1 atom stereocenters. The van der Waals surface area contributed by atoms with Crippen LogP contribution in [0.3, 0.4) is 0 Å². The molecule has 29 heavy (non-hydrogen) atoms. The van der Waals surface area contributed by atoms with Crippen LogP contribution in [0.2, 0.25) is 0 Å². The number of aliphatic hydroxyl groups excluding tert-OH is 1. The molecule has 1 amide bonds. The monoisotopic (exact) mass is 395 g/mol. The van der Waals surface area contributed by atoms with E-state index < -0.39 is 23.5 Å². The van der Waals surface area contributed by atoms with Crippen molar-refractivity contribution in [2.75, 3.05) is 6.54 Å². The second-order valence-corrected chi connectivity index (χ2v) is 7.30. The quantitative estimate of drug-likeness (QED) is 0.614. The summed E-state index contributed by atoms with van der Waals surface area (Å²) in [5, 5.41) is 10.5. The third kappa shape index (κ3) is 4.56. The second-order valence-electron chi connectivity index (χ2n) is 7.30. The number of Topliss-reactive ketones (excluding diaryl/α,β-unsaturated/α-hetero) is 1. The maximum Gasteiger partial charge on any atom is 0.290 e. The Bertz CT molecular complexity index is 907. The molecule has 0 spiro atoms. The minimum atomic E-state index is -0.885. The smallest absolute Gasteiger partial charge is 0.290 e. The van der Waals surface area contributed by atoms with E-state index in [-0.39, 0.29) is 23.3 Å². The number of rotatable bonds is 9. The molecule has 1 unspecified atom stereocenters. The third-order valence-electron chi connectivity index (χ3n) is 5.29. The first kappa shape index (κ1) is 20.8. The van der Waals surface area contributed by atoms with Gasteiger partial charge >= 0.3 is 0 Å². The molecule has 0 radical (unpaired) electrons. The second kappa shape index (κ2) is 9.50. The Morgan fingerprint density at radius 1 is 1.07 bits per heavy atom. The van der Waals surface area contributed by atoms with E-state index in [1.807, 2.05) is 30.3 Å². The van der Waals surface area contributed by atoms with Crippen LogP contribution in [0.4, 0.5) is 4.39 Å². The summed E-state index contributed by atoms with van der Waals surface area (Å²) in [5.41, 5.74) is 1.24. The highest BCUT2D eigenvalue weighted by atomic mass is 19.1. The molecular formula is C24H26FNO3. The van der Waals surface area contributed by atoms with Crippen molar-refractivity contribution in [3.05, 3.63) is 82.9 Å². The lowest BCUT2D eigenvalue weighted by Crippen LogP contribution is -2.32. The van der Waals surface area contributed by atoms with Crippen LogP contribution in [0.1, 0.15) is 49.8 Å². The first-order valence-electron chi connectivity index (χ1n) is 10.1. The number of carbonyl (C=O) groups is 2. The number of ketones is 1. The third-order valence-corrected chi connectivity index (χ3v) is 5.29. The molecule has 4 nitrogen and oxygen atoms in total. The molecule has 0 fully saturated rings. The van der Waals surface area contributed by atoms with Crippen LogP contribution in [0.25, 0.3) is 0 Å². The van der Waals surface area contributed by atoms with E-state index in [2.05, 4.69) is 6.92 Å². The zero-order chi connectivity index (χ0) is 20.8. The van der Waals surface area contributed by atoms with Crippen LogP contribution in [-0.4, -0.2) is 28.2 Å². The normalized spacial score (nSPS) is 16.6. The Kier molecular flexibility index (Phi) is 6.81. The van der Waals surface area contributed by atoms with Crippen molar-refractivity contribution < 1.29 is 19.1 Å². The highest BCUT2D eigenvalue weighted by molar-refractivity contribution is 6.09. The summed E-state index contributed by atoms with van der Waals surface area (Å²) in [6.45, 7) is 2.42. The molecule has 1 aliphatic rings. The molecule has 3 rings (SSSR count). The van der Waals surface area contributed by atoms with Gasteiger partial charge in [-0.3, -0.25) is 9.59 Å². The van der Waals surface area contributed by atoms with Crippen molar-refractivity contribution in [3.8, 4) is 0 Å². The molecule has 152 valence electrons. The number of hydrogen-bond acceptors (Lipinski definition) is 3. The predicted octanol–water partition coefficient (Wildman–Crippen LogP) is 4.91. The molecule has 1 aliphatic heterocycles. The molecule has 0 aliphatic carbocycles. The van der Waals surface area contributed by atoms with Gasteiger partial charge in [-0.25, -0.2) is 4.39 Å². The van der Waals surface area contributed by atoms with E-state index in [0.717, 1.165) is 24.8 Å². The van der Waals surface area contributed by atoms with E-state index >= 15 is 0 Å². The number of carbonyl (C=O) groups excluding carboxylic acids is 2. The Hall–Kier alpha value is -2.95. The predicted molar refractivity (Wildman–Crippen MR) is 110 cm³/mol. The Morgan fingerprint density at radius 2 is 1.76 bits per heavy atom. The number of aryl methyl sites for hydroxylation is 1. The maximum absolute atomic E-state index is 14.6. The van der Waals surface area contributed by atoms with Gasteiger partial charge in [0.15, 0.2) is 11.5 Å². The largest absolute Gasteiger partial charge is 0.503 e. The maximum atomic E-state index is 14.6. The summed E-state index contributed by atoms with van der Waals surface area (Å²) in [6, 6.07) is 14.8. The SMILES string of the molecule is CCCCCN1C(=O)C(O)=C(C(=O)CCc2ccccc2)C1c1ccccc1F. The van der Waals surface area contributed by atoms with Crippen LogP contribution in [0.15, 0.2) is 65.9 Å². The average molecular weight is 395 g/mol. The summed E-state index contributed by atoms with van der Waals surface area (Å²) in [6.07, 6.45) is 3.24. The molecular weight excluding hydrogens is 369 g/mol. The molecule has 0 bridgehead atoms. The number of benzene rings is 2. The molecule has 1 N–H and O–H groups in total. The van der Waals surface area contributed by atoms with Crippen molar-refractivity contribution >= 4 is 11.7 Å². The molecule has 1 heterocycles. The first-order valence-corrected chi connectivity index (χ1v) is 10.1. The lowest BCUT2D eigenvalue weighted by Gasteiger charge is -2.27. The van der Waals surface area contributed by atoms with E-state index in [1.165, 1.54) is 11.0 Å². The lowest BCUT2D eigenvalue weighted by molar-refractivity contribution is -0.129. The summed E-state index contributed by atoms with van der Waals surface area (Å²) in [5.74, 6) is -1.97. The summed E-state index contributed by atoms with van der Waals surface area (Å²) >= 11 is 0. The number of amides is 1. The number of unbranched alkanes of at least 4 members (excludes halogenated alkanes) is 2. The Morgan fingerprint density at radius 3 is 2.45 bits per heavy atom. The van der Waals surface area contributed by atoms with Gasteiger partial charge in [-0.1, -0.05) is 68.3 Å². The molecule has 2 aromatic carbocycles. The summed E-state index contributed by atoms with van der Waals surface area (Å²) in [4.78, 5) is 27.2. The van der Waals surface area contributed by atoms with Crippen LogP contribution in [-0.2, 0) is 16.0 Å². The van der Waals surface area contributed by atoms with E-state index in [0.29, 0.717) is 13.0 Å². The Balaban J connectivity index is 1.90. The van der Waals surface area contributed by atoms with Crippen LogP contribution < -0.4 is 0 Å². The zero-order valence-electron chi connectivity index (χ0n) is 16.6. The number of halogens is 1. The van der Waals surface area contributed by atoms with Crippen LogP contribution in [0.5, 0.6) is 0 Å². The van der Waals surface area contributed by atoms with Gasteiger partial charge in [0.1, 0.15) is 5.82 Å². The minimum Gasteiger partial charge on any atom is -0.503 e. The van der Waals surface area contributed by atoms with Gasteiger partial charge in [0.2, 0.25) is 0 Å². The van der Waals surface area contributed by atoms with Gasteiger partial charge in [0, 0.05) is 18.5 Å². The lowest BCUT2D eigenvalue weighted by atomic mass is 9.93. The van der Waals surface area contributed by atoms with Gasteiger partial charge in [0.25, 0.3) is 5.91 Å². The van der Waals surface area contributed by atoms with Crippen molar-refractivity contribution in [1.29, 1.82) is 0 Å². The zero-order valence-corrected chi connectivity index (χ0v) is 16.6. The molecule has 0 saturated carbocycles. The fourth-order valence-corrected chi connectivity index (χ4v) is 3.76. The van der Waals surface area contributed by atoms with Gasteiger partial charge in [-0.2, -0.15) is 0 Å². The van der Waals surface area contributed by atoms with Crippen LogP contribution >= 0.6 is 0 Å². The van der Waals surface area contributed by atoms with E-state index in [9.17, 15) is 19.1 Å². The molecule has 0 saturated heterocycles. The number of nitrogens with zero attached hydrogens (tertiary/aromatic N) is 1. The highest BCUT2D eigenvalue weighted by Crippen LogP contribution is 2.39. The van der Waals surface area contributed by atoms with Crippen molar-refractivity contribution in [2.24, 2.45) is 0 Å². The van der Waals surface area contributed by atoms with Crippen LogP contribution in [0, 0.1) is 5.82 Å². The molecule has 2 aromatic rings. The van der Waals surface area contributed by atoms with Crippen molar-refractivity contribution in [2.45, 2.75) is 45.1 Å². The fraction of sp³-hybridized carbons (Fsp3) is 0.333. The standard InChI is InChI=1S/C24H26FNO3/c1-2-3-9-16-26-22(18-12-7-8-13-19(18)25)21(23(28)24(26)29)20(27)15-14-17-10-5-4-6-11-17/h4-8,10-13,22,28H,2-3,9,14-16H2,1H3. The van der Waals surface area contributed by atoms with E-state index in [4.69, 9.17) is 0 Å². The molecule has 0 aromatic heterocycles. The van der Waals surface area contributed by atoms with E-state index in [1.54, 1.807) is 18.2 Å². The molecule has 5 heteroatoms. The Labute approximate surface area is 170 Å². The minimum absolute atomic E-state index is 0.00697. The van der Waals surface area contributed by atoms with Crippen molar-refractivity contribution in [3.63, 3.8) is 0 Å². The number of aliphatic hydroxyl groups is 1. The summed E-state index contributed by atoms with van der Waals surface area (Å²) < 4.78 is 14.6. The fourth-order valence-electron chi connectivity index (χ4n) is 3.76. The topological polar surface area (TPSA) is 57.6 Å². The summed E-state index contributed by atoms with van der Waals surface area (Å²) in [7, 11) is 0. The van der Waals surface area contributed by atoms with Gasteiger partial charge < -0.3 is 10.0 Å².